The first kappa shape index (κ1) is 21.4. The molecule has 1 aliphatic heterocycles. The summed E-state index contributed by atoms with van der Waals surface area (Å²) in [6, 6.07) is 14.0. The second kappa shape index (κ2) is 8.98. The lowest BCUT2D eigenvalue weighted by molar-refractivity contribution is 0.188. The van der Waals surface area contributed by atoms with Crippen molar-refractivity contribution in [3.8, 4) is 43.0 Å². The Morgan fingerprint density at radius 2 is 1.81 bits per heavy atom. The van der Waals surface area contributed by atoms with Crippen molar-refractivity contribution in [2.45, 2.75) is 6.10 Å². The van der Waals surface area contributed by atoms with Crippen molar-refractivity contribution < 1.29 is 9.15 Å². The number of pyridine rings is 1. The molecular formula is C28H17N3O2S3. The van der Waals surface area contributed by atoms with Crippen LogP contribution in [0.5, 0.6) is 0 Å². The van der Waals surface area contributed by atoms with Crippen LogP contribution in [0.3, 0.4) is 0 Å². The van der Waals surface area contributed by atoms with Gasteiger partial charge >= 0.3 is 0 Å². The van der Waals surface area contributed by atoms with Crippen LogP contribution in [0.1, 0.15) is 11.7 Å². The molecule has 6 heterocycles. The number of aromatic nitrogens is 3. The molecule has 0 N–H and O–H groups in total. The van der Waals surface area contributed by atoms with Gasteiger partial charge in [0.25, 0.3) is 0 Å². The number of fused-ring (bicyclic) bond motifs is 1. The smallest absolute Gasteiger partial charge is 0.144 e. The number of nitrogens with zero attached hydrogens (tertiary/aromatic N) is 3. The van der Waals surface area contributed by atoms with E-state index in [1.54, 1.807) is 52.7 Å². The van der Waals surface area contributed by atoms with Crippen molar-refractivity contribution in [1.29, 1.82) is 0 Å². The van der Waals surface area contributed by atoms with E-state index in [9.17, 15) is 0 Å². The summed E-state index contributed by atoms with van der Waals surface area (Å²) < 4.78 is 13.3. The van der Waals surface area contributed by atoms with Gasteiger partial charge in [-0.3, -0.25) is 4.98 Å². The summed E-state index contributed by atoms with van der Waals surface area (Å²) in [6.07, 6.45) is 12.8. The average molecular weight is 524 g/mol. The van der Waals surface area contributed by atoms with Gasteiger partial charge in [-0.05, 0) is 47.9 Å². The minimum Gasteiger partial charge on any atom is -0.489 e. The lowest BCUT2D eigenvalue weighted by Gasteiger charge is -2.23. The van der Waals surface area contributed by atoms with Crippen LogP contribution < -0.4 is 0 Å². The van der Waals surface area contributed by atoms with Crippen molar-refractivity contribution >= 4 is 44.2 Å². The van der Waals surface area contributed by atoms with Gasteiger partial charge in [0, 0.05) is 44.9 Å². The first-order valence-electron chi connectivity index (χ1n) is 11.3. The standard InChI is InChI=1S/C28H17N3O2S3/c1-3-11-29-17(7-1)27-31-25-22(19-8-2-4-13-32-19)23(20-10-6-15-34-20)21(18-9-5-14-33-18)24(26(25)36-27)28-30-12-16-35-28/h1-16,19H. The predicted molar refractivity (Wildman–Crippen MR) is 147 cm³/mol. The molecule has 0 spiro atoms. The number of ether oxygens (including phenoxy) is 1. The molecule has 1 aliphatic rings. The molecule has 8 heteroatoms. The van der Waals surface area contributed by atoms with E-state index < -0.39 is 0 Å². The van der Waals surface area contributed by atoms with Crippen molar-refractivity contribution in [3.63, 3.8) is 0 Å². The fourth-order valence-corrected chi connectivity index (χ4v) is 7.14. The summed E-state index contributed by atoms with van der Waals surface area (Å²) in [7, 11) is 0. The monoisotopic (exact) mass is 523 g/mol. The van der Waals surface area contributed by atoms with Crippen LogP contribution in [0.4, 0.5) is 0 Å². The van der Waals surface area contributed by atoms with E-state index in [1.807, 2.05) is 54.1 Å². The van der Waals surface area contributed by atoms with E-state index in [-0.39, 0.29) is 6.10 Å². The molecule has 1 aromatic carbocycles. The largest absolute Gasteiger partial charge is 0.489 e. The number of thiophene rings is 1. The molecule has 1 unspecified atom stereocenters. The highest BCUT2D eigenvalue weighted by Crippen LogP contribution is 2.53. The molecule has 0 saturated carbocycles. The van der Waals surface area contributed by atoms with Gasteiger partial charge in [-0.2, -0.15) is 0 Å². The Balaban J connectivity index is 1.68. The first-order valence-corrected chi connectivity index (χ1v) is 13.8. The topological polar surface area (TPSA) is 61.0 Å². The third-order valence-corrected chi connectivity index (χ3v) is 8.70. The first-order chi connectivity index (χ1) is 17.9. The highest BCUT2D eigenvalue weighted by atomic mass is 32.1. The van der Waals surface area contributed by atoms with Crippen LogP contribution in [0, 0.1) is 0 Å². The van der Waals surface area contributed by atoms with Gasteiger partial charge in [-0.15, -0.1) is 34.0 Å². The van der Waals surface area contributed by atoms with Crippen molar-refractivity contribution in [2.75, 3.05) is 0 Å². The lowest BCUT2D eigenvalue weighted by Crippen LogP contribution is -2.05. The second-order valence-electron chi connectivity index (χ2n) is 8.01. The normalized spacial score (nSPS) is 14.9. The van der Waals surface area contributed by atoms with Gasteiger partial charge in [0.15, 0.2) is 0 Å². The Morgan fingerprint density at radius 3 is 2.53 bits per heavy atom. The molecule has 5 aromatic heterocycles. The Kier molecular flexibility index (Phi) is 5.35. The van der Waals surface area contributed by atoms with Gasteiger partial charge in [0.05, 0.1) is 28.4 Å². The van der Waals surface area contributed by atoms with Crippen LogP contribution in [0.15, 0.2) is 101 Å². The Bertz CT molecular complexity index is 1700. The molecule has 36 heavy (non-hydrogen) atoms. The van der Waals surface area contributed by atoms with Crippen molar-refractivity contribution in [3.05, 3.63) is 102 Å². The van der Waals surface area contributed by atoms with Gasteiger partial charge in [-0.25, -0.2) is 9.97 Å². The molecule has 0 fully saturated rings. The minimum absolute atomic E-state index is 0.299. The van der Waals surface area contributed by atoms with E-state index in [1.165, 1.54) is 0 Å². The van der Waals surface area contributed by atoms with Crippen LogP contribution in [0.25, 0.3) is 53.3 Å². The van der Waals surface area contributed by atoms with E-state index in [2.05, 4.69) is 28.6 Å². The van der Waals surface area contributed by atoms with E-state index in [0.717, 1.165) is 58.8 Å². The summed E-state index contributed by atoms with van der Waals surface area (Å²) in [6.45, 7) is 0. The summed E-state index contributed by atoms with van der Waals surface area (Å²) in [5, 5.41) is 5.88. The molecule has 174 valence electrons. The zero-order valence-corrected chi connectivity index (χ0v) is 21.1. The second-order valence-corrected chi connectivity index (χ2v) is 10.9. The third kappa shape index (κ3) is 3.53. The molecule has 0 saturated heterocycles. The van der Waals surface area contributed by atoms with Crippen LogP contribution in [-0.2, 0) is 4.74 Å². The molecule has 5 nitrogen and oxygen atoms in total. The molecule has 6 aromatic rings. The molecule has 0 bridgehead atoms. The predicted octanol–water partition coefficient (Wildman–Crippen LogP) is 8.61. The number of hydrogen-bond acceptors (Lipinski definition) is 8. The number of furan rings is 1. The maximum atomic E-state index is 6.17. The number of rotatable bonds is 5. The number of thiazole rings is 2. The average Bonchev–Trinajstić information content (AvgIpc) is 3.76. The van der Waals surface area contributed by atoms with Crippen LogP contribution in [-0.4, -0.2) is 15.0 Å². The molecular weight excluding hydrogens is 507 g/mol. The van der Waals surface area contributed by atoms with Crippen LogP contribution >= 0.6 is 34.0 Å². The molecule has 0 radical (unpaired) electrons. The maximum Gasteiger partial charge on any atom is 0.144 e. The van der Waals surface area contributed by atoms with Crippen molar-refractivity contribution in [2.24, 2.45) is 0 Å². The maximum absolute atomic E-state index is 6.17. The Morgan fingerprint density at radius 1 is 0.806 bits per heavy atom. The molecule has 0 aliphatic carbocycles. The quantitative estimate of drug-likeness (QED) is 0.226. The zero-order valence-electron chi connectivity index (χ0n) is 18.7. The summed E-state index contributed by atoms with van der Waals surface area (Å²) >= 11 is 4.93. The zero-order chi connectivity index (χ0) is 23.9. The Hall–Kier alpha value is -3.85. The highest BCUT2D eigenvalue weighted by molar-refractivity contribution is 7.23. The van der Waals surface area contributed by atoms with Gasteiger partial charge in [0.2, 0.25) is 0 Å². The van der Waals surface area contributed by atoms with E-state index >= 15 is 0 Å². The fraction of sp³-hybridized carbons (Fsp3) is 0.0357. The molecule has 1 atom stereocenters. The minimum atomic E-state index is -0.299. The molecule has 7 rings (SSSR count). The molecule has 0 amide bonds. The number of allylic oxidation sites excluding steroid dienone is 2. The van der Waals surface area contributed by atoms with E-state index in [0.29, 0.717) is 0 Å². The summed E-state index contributed by atoms with van der Waals surface area (Å²) in [5.41, 5.74) is 5.83. The summed E-state index contributed by atoms with van der Waals surface area (Å²) in [4.78, 5) is 15.6. The van der Waals surface area contributed by atoms with Crippen LogP contribution in [0.2, 0.25) is 0 Å². The summed E-state index contributed by atoms with van der Waals surface area (Å²) in [5.74, 6) is 0.787. The van der Waals surface area contributed by atoms with Gasteiger partial charge in [-0.1, -0.05) is 18.2 Å². The Labute approximate surface area is 218 Å². The van der Waals surface area contributed by atoms with Gasteiger partial charge < -0.3 is 9.15 Å². The number of hydrogen-bond donors (Lipinski definition) is 0. The van der Waals surface area contributed by atoms with E-state index in [4.69, 9.17) is 19.1 Å². The van der Waals surface area contributed by atoms with Crippen molar-refractivity contribution in [1.82, 2.24) is 15.0 Å². The van der Waals surface area contributed by atoms with Gasteiger partial charge in [0.1, 0.15) is 21.9 Å². The SMILES string of the molecule is C1=COC(c2c(-c3cccs3)c(-c3ccco3)c(-c3nccs3)c3sc(-c4ccccn4)nc23)C=C1. The number of benzene rings is 1. The third-order valence-electron chi connectivity index (χ3n) is 5.93. The fourth-order valence-electron chi connectivity index (χ4n) is 4.48. The highest BCUT2D eigenvalue weighted by Gasteiger charge is 2.32. The lowest BCUT2D eigenvalue weighted by atomic mass is 9.89.